The summed E-state index contributed by atoms with van der Waals surface area (Å²) in [6.45, 7) is 7.74. The van der Waals surface area contributed by atoms with Gasteiger partial charge in [-0.05, 0) is 98.2 Å². The van der Waals surface area contributed by atoms with Crippen molar-refractivity contribution in [2.24, 2.45) is 22.9 Å². The maximum Gasteiger partial charge on any atom is 0.410 e. The van der Waals surface area contributed by atoms with Crippen molar-refractivity contribution < 1.29 is 53.4 Å². The van der Waals surface area contributed by atoms with Gasteiger partial charge in [-0.15, -0.1) is 6.58 Å². The van der Waals surface area contributed by atoms with Crippen molar-refractivity contribution in [1.29, 1.82) is 0 Å². The average molecular weight is 917 g/mol. The third-order valence-corrected chi connectivity index (χ3v) is 14.2. The molecule has 2 aromatic rings. The van der Waals surface area contributed by atoms with Gasteiger partial charge in [-0.1, -0.05) is 101 Å². The highest BCUT2D eigenvalue weighted by Gasteiger charge is 2.65. The van der Waals surface area contributed by atoms with E-state index in [4.69, 9.17) is 38.4 Å². The number of hydrogen-bond acceptors (Lipinski definition) is 12. The zero-order chi connectivity index (χ0) is 46.1. The van der Waals surface area contributed by atoms with Gasteiger partial charge < -0.3 is 48.6 Å². The first-order valence-electron chi connectivity index (χ1n) is 25.3. The number of ether oxygens (including phenoxy) is 6. The van der Waals surface area contributed by atoms with Crippen LogP contribution >= 0.6 is 0 Å². The number of aromatic hydroxyl groups is 1. The largest absolute Gasteiger partial charge is 0.508 e. The molecule has 1 saturated heterocycles. The van der Waals surface area contributed by atoms with Crippen molar-refractivity contribution in [3.63, 3.8) is 0 Å². The number of nitrogens with zero attached hydrogens (tertiary/aromatic N) is 2. The Morgan fingerprint density at radius 3 is 2.38 bits per heavy atom. The predicted molar refractivity (Wildman–Crippen MR) is 253 cm³/mol. The first-order valence-corrected chi connectivity index (χ1v) is 25.3. The molecule has 1 amide bonds. The standard InChI is InChI=1S/C53H76N2O11/c1-3-5-6-7-8-9-10-11-12-18-31-61-52(59)55(36-38-23-25-46-47(32-38)63-37-62-46)48-35-44(54-66-49-22-15-19-30-60-49)42-33-39(20-13-16-27-56)41(21-14-17-28-57)50-43-34-40(58)24-26-45(43)65-53(48,51(42)50)64-29-4-2/h4,23-26,32-34,39,41,48-51,56-58H,2-3,5-22,27-31,35-37H2,1H3. The molecule has 66 heavy (non-hydrogen) atoms. The van der Waals surface area contributed by atoms with Crippen LogP contribution < -0.4 is 14.2 Å². The number of oxime groups is 1. The van der Waals surface area contributed by atoms with Crippen LogP contribution in [0.4, 0.5) is 4.79 Å². The number of phenols is 1. The third-order valence-electron chi connectivity index (χ3n) is 14.2. The van der Waals surface area contributed by atoms with E-state index in [-0.39, 0.29) is 69.7 Å². The van der Waals surface area contributed by atoms with Gasteiger partial charge in [-0.25, -0.2) is 4.79 Å². The van der Waals surface area contributed by atoms with Crippen LogP contribution in [-0.2, 0) is 25.6 Å². The highest BCUT2D eigenvalue weighted by Crippen LogP contribution is 2.62. The van der Waals surface area contributed by atoms with Crippen molar-refractivity contribution in [3.05, 3.63) is 71.8 Å². The quantitative estimate of drug-likeness (QED) is 0.0445. The zero-order valence-electron chi connectivity index (χ0n) is 39.4. The molecule has 13 nitrogen and oxygen atoms in total. The molecular weight excluding hydrogens is 841 g/mol. The van der Waals surface area contributed by atoms with E-state index in [0.29, 0.717) is 48.8 Å². The SMILES string of the molecule is C=CCOC12Oc3ccc(O)cc3C3C(CCCCO)C(CCCCO)C=C(C(=NOC4CCCCO4)CC1N(Cc1ccc4c(c1)OCO4)C(=O)OCCCCCCCCCCCC)C32. The Kier molecular flexibility index (Phi) is 18.9. The number of allylic oxidation sites excluding steroid dienone is 1. The number of rotatable bonds is 27. The van der Waals surface area contributed by atoms with E-state index in [1.807, 2.05) is 24.3 Å². The van der Waals surface area contributed by atoms with Crippen LogP contribution in [0.5, 0.6) is 23.0 Å². The number of benzene rings is 2. The Labute approximate surface area is 392 Å². The van der Waals surface area contributed by atoms with Gasteiger partial charge in [0.25, 0.3) is 0 Å². The molecule has 364 valence electrons. The number of carbonyl (C=O) groups excluding carboxylic acids is 1. The minimum Gasteiger partial charge on any atom is -0.508 e. The van der Waals surface area contributed by atoms with Gasteiger partial charge in [-0.2, -0.15) is 0 Å². The zero-order valence-corrected chi connectivity index (χ0v) is 39.4. The smallest absolute Gasteiger partial charge is 0.410 e. The van der Waals surface area contributed by atoms with Gasteiger partial charge in [-0.3, -0.25) is 4.90 Å². The first-order chi connectivity index (χ1) is 32.4. The average Bonchev–Trinajstić information content (AvgIpc) is 3.81. The lowest BCUT2D eigenvalue weighted by molar-refractivity contribution is -0.256. The molecule has 3 N–H and O–H groups in total. The fourth-order valence-corrected chi connectivity index (χ4v) is 10.9. The van der Waals surface area contributed by atoms with Crippen molar-refractivity contribution in [3.8, 4) is 23.0 Å². The van der Waals surface area contributed by atoms with E-state index >= 15 is 4.79 Å². The summed E-state index contributed by atoms with van der Waals surface area (Å²) >= 11 is 0. The number of amides is 1. The van der Waals surface area contributed by atoms with Gasteiger partial charge in [0, 0.05) is 44.1 Å². The Morgan fingerprint density at radius 2 is 1.64 bits per heavy atom. The molecular formula is C53H76N2O11. The summed E-state index contributed by atoms with van der Waals surface area (Å²) in [6, 6.07) is 10.2. The molecule has 5 aliphatic rings. The molecule has 2 aromatic carbocycles. The van der Waals surface area contributed by atoms with Gasteiger partial charge in [0.1, 0.15) is 17.5 Å². The van der Waals surface area contributed by atoms with E-state index in [0.717, 1.165) is 74.5 Å². The molecule has 2 fully saturated rings. The number of aliphatic hydroxyl groups is 2. The van der Waals surface area contributed by atoms with Gasteiger partial charge in [0.05, 0.1) is 31.5 Å². The van der Waals surface area contributed by atoms with Crippen molar-refractivity contribution in [2.45, 2.75) is 166 Å². The molecule has 3 aliphatic heterocycles. The second-order valence-corrected chi connectivity index (χ2v) is 18.8. The van der Waals surface area contributed by atoms with Crippen molar-refractivity contribution in [1.82, 2.24) is 4.90 Å². The summed E-state index contributed by atoms with van der Waals surface area (Å²) in [5, 5.41) is 36.0. The van der Waals surface area contributed by atoms with Crippen LogP contribution in [0.15, 0.2) is 65.9 Å². The molecule has 7 atom stereocenters. The van der Waals surface area contributed by atoms with Gasteiger partial charge >= 0.3 is 6.09 Å². The van der Waals surface area contributed by atoms with Crippen LogP contribution in [0.2, 0.25) is 0 Å². The third kappa shape index (κ3) is 12.2. The predicted octanol–water partition coefficient (Wildman–Crippen LogP) is 10.8. The van der Waals surface area contributed by atoms with E-state index in [9.17, 15) is 15.3 Å². The minimum absolute atomic E-state index is 0.0216. The second kappa shape index (κ2) is 25.2. The topological polar surface area (TPSA) is 158 Å². The van der Waals surface area contributed by atoms with Crippen LogP contribution in [0, 0.1) is 17.8 Å². The van der Waals surface area contributed by atoms with Gasteiger partial charge in [0.15, 0.2) is 11.5 Å². The lowest BCUT2D eigenvalue weighted by Gasteiger charge is -2.59. The number of unbranched alkanes of at least 4 members (excludes halogenated alkanes) is 11. The number of hydrogen-bond donors (Lipinski definition) is 3. The Hall–Kier alpha value is -4.30. The molecule has 0 spiro atoms. The molecule has 13 heteroatoms. The van der Waals surface area contributed by atoms with E-state index in [1.165, 1.54) is 44.9 Å². The molecule has 0 aromatic heterocycles. The number of aliphatic hydroxyl groups excluding tert-OH is 2. The number of carbonyl (C=O) groups is 1. The van der Waals surface area contributed by atoms with Crippen LogP contribution in [0.1, 0.15) is 152 Å². The normalized spacial score (nSPS) is 25.6. The summed E-state index contributed by atoms with van der Waals surface area (Å²) in [6.07, 6.45) is 22.1. The maximum absolute atomic E-state index is 15.1. The summed E-state index contributed by atoms with van der Waals surface area (Å²) < 4.78 is 38.2. The van der Waals surface area contributed by atoms with E-state index in [2.05, 4.69) is 19.6 Å². The molecule has 7 rings (SSSR count). The Balaban J connectivity index is 1.30. The Bertz CT molecular complexity index is 1910. The molecule has 1 saturated carbocycles. The lowest BCUT2D eigenvalue weighted by atomic mass is 9.55. The molecule has 2 aliphatic carbocycles. The second-order valence-electron chi connectivity index (χ2n) is 18.8. The summed E-state index contributed by atoms with van der Waals surface area (Å²) in [7, 11) is 0. The fraction of sp³-hybridized carbons (Fsp3) is 0.660. The maximum atomic E-state index is 15.1. The first kappa shape index (κ1) is 49.6. The van der Waals surface area contributed by atoms with Crippen LogP contribution in [0.25, 0.3) is 0 Å². The number of fused-ring (bicyclic) bond motifs is 3. The highest BCUT2D eigenvalue weighted by atomic mass is 16.8. The molecule has 3 heterocycles. The molecule has 0 radical (unpaired) electrons. The van der Waals surface area contributed by atoms with E-state index < -0.39 is 30.1 Å². The van der Waals surface area contributed by atoms with E-state index in [1.54, 1.807) is 23.1 Å². The summed E-state index contributed by atoms with van der Waals surface area (Å²) in [5.74, 6) is -0.253. The molecule has 0 bridgehead atoms. The minimum atomic E-state index is -1.48. The van der Waals surface area contributed by atoms with Gasteiger partial charge in [0.2, 0.25) is 18.9 Å². The summed E-state index contributed by atoms with van der Waals surface area (Å²) in [5.41, 5.74) is 3.26. The van der Waals surface area contributed by atoms with Crippen molar-refractivity contribution in [2.75, 3.05) is 39.8 Å². The summed E-state index contributed by atoms with van der Waals surface area (Å²) in [4.78, 5) is 23.1. The molecule has 7 unspecified atom stereocenters. The lowest BCUT2D eigenvalue weighted by Crippen LogP contribution is -2.70. The Morgan fingerprint density at radius 1 is 0.894 bits per heavy atom. The highest BCUT2D eigenvalue weighted by molar-refractivity contribution is 6.03. The monoisotopic (exact) mass is 917 g/mol. The van der Waals surface area contributed by atoms with Crippen LogP contribution in [-0.4, -0.2) is 90.0 Å². The number of phenolic OH excluding ortho intramolecular Hbond substituents is 1. The van der Waals surface area contributed by atoms with Crippen LogP contribution in [0.3, 0.4) is 0 Å². The fourth-order valence-electron chi connectivity index (χ4n) is 10.9. The van der Waals surface area contributed by atoms with Crippen molar-refractivity contribution >= 4 is 11.8 Å².